The van der Waals surface area contributed by atoms with Crippen LogP contribution in [0.5, 0.6) is 0 Å². The molecule has 0 bridgehead atoms. The summed E-state index contributed by atoms with van der Waals surface area (Å²) in [5, 5.41) is 37.0. The van der Waals surface area contributed by atoms with Gasteiger partial charge < -0.3 is 26.2 Å². The molecule has 0 aliphatic rings. The first-order valence-corrected chi connectivity index (χ1v) is 10.1. The Balaban J connectivity index is 1.68. The molecule has 0 unspecified atom stereocenters. The summed E-state index contributed by atoms with van der Waals surface area (Å²) in [7, 11) is 1.54. The molecule has 2 aromatic carbocycles. The van der Waals surface area contributed by atoms with Gasteiger partial charge in [0.2, 0.25) is 0 Å². The fourth-order valence-corrected chi connectivity index (χ4v) is 3.46. The van der Waals surface area contributed by atoms with Gasteiger partial charge in [-0.25, -0.2) is 4.98 Å². The fraction of sp³-hybridized carbons (Fsp3) is 0.174. The van der Waals surface area contributed by atoms with Gasteiger partial charge in [0, 0.05) is 30.4 Å². The van der Waals surface area contributed by atoms with E-state index in [-0.39, 0.29) is 5.91 Å². The van der Waals surface area contributed by atoms with Gasteiger partial charge in [-0.1, -0.05) is 30.3 Å². The Bertz CT molecular complexity index is 1210. The van der Waals surface area contributed by atoms with E-state index in [2.05, 4.69) is 31.1 Å². The number of aliphatic hydroxyl groups excluding tert-OH is 2. The second kappa shape index (κ2) is 9.46. The van der Waals surface area contributed by atoms with E-state index in [9.17, 15) is 15.0 Å². The molecule has 9 heteroatoms. The second-order valence-electron chi connectivity index (χ2n) is 7.27. The van der Waals surface area contributed by atoms with Crippen LogP contribution in [0, 0.1) is 0 Å². The smallest absolute Gasteiger partial charge is 0.254 e. The quantitative estimate of drug-likeness (QED) is 0.252. The van der Waals surface area contributed by atoms with E-state index < -0.39 is 18.8 Å². The monoisotopic (exact) mass is 432 g/mol. The number of aromatic amines is 1. The van der Waals surface area contributed by atoms with Crippen LogP contribution in [0.3, 0.4) is 0 Å². The summed E-state index contributed by atoms with van der Waals surface area (Å²) in [5.41, 5.74) is 3.28. The molecule has 0 aliphatic heterocycles. The predicted octanol–water partition coefficient (Wildman–Crippen LogP) is 2.57. The molecular weight excluding hydrogens is 408 g/mol. The van der Waals surface area contributed by atoms with Gasteiger partial charge in [-0.15, -0.1) is 0 Å². The van der Waals surface area contributed by atoms with Gasteiger partial charge in [0.1, 0.15) is 11.9 Å². The molecule has 164 valence electrons. The van der Waals surface area contributed by atoms with E-state index in [4.69, 9.17) is 0 Å². The molecule has 0 saturated carbocycles. The summed E-state index contributed by atoms with van der Waals surface area (Å²) in [4.78, 5) is 16.8. The molecule has 2 aromatic heterocycles. The molecule has 0 radical (unpaired) electrons. The molecule has 0 fully saturated rings. The van der Waals surface area contributed by atoms with Crippen molar-refractivity contribution in [1.29, 1.82) is 0 Å². The van der Waals surface area contributed by atoms with E-state index in [1.165, 1.54) is 13.2 Å². The Morgan fingerprint density at radius 2 is 1.94 bits per heavy atom. The number of aromatic nitrogens is 3. The molecule has 4 rings (SSSR count). The maximum atomic E-state index is 12.4. The predicted molar refractivity (Wildman–Crippen MR) is 123 cm³/mol. The van der Waals surface area contributed by atoms with Crippen molar-refractivity contribution in [3.63, 3.8) is 0 Å². The Hall–Kier alpha value is -3.95. The van der Waals surface area contributed by atoms with E-state index in [0.717, 1.165) is 22.2 Å². The van der Waals surface area contributed by atoms with E-state index in [1.54, 1.807) is 12.3 Å². The number of rotatable bonds is 8. The number of anilines is 3. The van der Waals surface area contributed by atoms with Gasteiger partial charge in [0.15, 0.2) is 0 Å². The summed E-state index contributed by atoms with van der Waals surface area (Å²) >= 11 is 0. The minimum absolute atomic E-state index is 0.314. The number of nitrogens with one attached hydrogen (secondary N) is 4. The number of benzene rings is 2. The van der Waals surface area contributed by atoms with Gasteiger partial charge in [-0.2, -0.15) is 5.10 Å². The number of amides is 1. The summed E-state index contributed by atoms with van der Waals surface area (Å²) in [5.74, 6) is 0.185. The minimum atomic E-state index is -1.08. The maximum Gasteiger partial charge on any atom is 0.254 e. The van der Waals surface area contributed by atoms with Gasteiger partial charge >= 0.3 is 0 Å². The summed E-state index contributed by atoms with van der Waals surface area (Å²) < 4.78 is 0. The average molecular weight is 432 g/mol. The number of H-pyrrole nitrogens is 1. The SMILES string of the molecule is CNC(=O)c1cnc(Nc2ccc3[nH]ncc3c2)cc1N[C@@H](c1ccccc1)[C@H](O)CO. The zero-order valence-corrected chi connectivity index (χ0v) is 17.4. The minimum Gasteiger partial charge on any atom is -0.394 e. The Labute approximate surface area is 184 Å². The van der Waals surface area contributed by atoms with Crippen molar-refractivity contribution in [3.05, 3.63) is 78.1 Å². The molecule has 2 atom stereocenters. The highest BCUT2D eigenvalue weighted by atomic mass is 16.3. The van der Waals surface area contributed by atoms with Crippen LogP contribution in [0.25, 0.3) is 10.9 Å². The fourth-order valence-electron chi connectivity index (χ4n) is 3.46. The number of carbonyl (C=O) groups excluding carboxylic acids is 1. The summed E-state index contributed by atoms with van der Waals surface area (Å²) in [6.45, 7) is -0.442. The van der Waals surface area contributed by atoms with Gasteiger partial charge in [0.25, 0.3) is 5.91 Å². The Kier molecular flexibility index (Phi) is 6.29. The maximum absolute atomic E-state index is 12.4. The topological polar surface area (TPSA) is 135 Å². The zero-order chi connectivity index (χ0) is 22.5. The van der Waals surface area contributed by atoms with Gasteiger partial charge in [-0.3, -0.25) is 9.89 Å². The number of hydrogen-bond acceptors (Lipinski definition) is 7. The summed E-state index contributed by atoms with van der Waals surface area (Å²) in [6.07, 6.45) is 2.12. The lowest BCUT2D eigenvalue weighted by atomic mass is 10.0. The van der Waals surface area contributed by atoms with Crippen LogP contribution >= 0.6 is 0 Å². The molecule has 0 spiro atoms. The van der Waals surface area contributed by atoms with E-state index >= 15 is 0 Å². The van der Waals surface area contributed by atoms with Crippen molar-refractivity contribution in [2.75, 3.05) is 24.3 Å². The van der Waals surface area contributed by atoms with Crippen LogP contribution in [-0.4, -0.2) is 51.1 Å². The third-order valence-corrected chi connectivity index (χ3v) is 5.13. The zero-order valence-electron chi connectivity index (χ0n) is 17.4. The Morgan fingerprint density at radius 3 is 2.69 bits per heavy atom. The van der Waals surface area contributed by atoms with Crippen LogP contribution in [0.15, 0.2) is 67.0 Å². The molecule has 1 amide bonds. The van der Waals surface area contributed by atoms with Gasteiger partial charge in [-0.05, 0) is 23.8 Å². The number of hydrogen-bond donors (Lipinski definition) is 6. The Morgan fingerprint density at radius 1 is 1.12 bits per heavy atom. The second-order valence-corrected chi connectivity index (χ2v) is 7.27. The molecule has 6 N–H and O–H groups in total. The number of pyridine rings is 1. The normalized spacial score (nSPS) is 12.8. The van der Waals surface area contributed by atoms with Gasteiger partial charge in [0.05, 0.1) is 35.6 Å². The first kappa shape index (κ1) is 21.3. The molecular formula is C23H24N6O3. The first-order chi connectivity index (χ1) is 15.6. The number of carbonyl (C=O) groups is 1. The average Bonchev–Trinajstić information content (AvgIpc) is 3.30. The van der Waals surface area contributed by atoms with Crippen molar-refractivity contribution in [3.8, 4) is 0 Å². The van der Waals surface area contributed by atoms with Crippen LogP contribution in [0.1, 0.15) is 22.0 Å². The molecule has 2 heterocycles. The van der Waals surface area contributed by atoms with Crippen LogP contribution in [0.2, 0.25) is 0 Å². The molecule has 9 nitrogen and oxygen atoms in total. The third kappa shape index (κ3) is 4.53. The van der Waals surface area contributed by atoms with Crippen molar-refractivity contribution in [2.24, 2.45) is 0 Å². The standard InChI is InChI=1S/C23H24N6O3/c1-24-23(32)17-12-25-21(27-16-7-8-18-15(9-16)11-26-29-18)10-19(17)28-22(20(31)13-30)14-5-3-2-4-6-14/h2-12,20,22,30-31H,13H2,1H3,(H,24,32)(H,26,29)(H2,25,27,28)/t20-,22+/m1/s1. The third-order valence-electron chi connectivity index (χ3n) is 5.13. The lowest BCUT2D eigenvalue weighted by Crippen LogP contribution is -2.30. The van der Waals surface area contributed by atoms with E-state index in [0.29, 0.717) is 17.1 Å². The molecule has 32 heavy (non-hydrogen) atoms. The number of nitrogens with zero attached hydrogens (tertiary/aromatic N) is 2. The van der Waals surface area contributed by atoms with Crippen molar-refractivity contribution < 1.29 is 15.0 Å². The molecule has 0 aliphatic carbocycles. The van der Waals surface area contributed by atoms with E-state index in [1.807, 2.05) is 48.5 Å². The number of fused-ring (bicyclic) bond motifs is 1. The highest BCUT2D eigenvalue weighted by Gasteiger charge is 2.23. The summed E-state index contributed by atoms with van der Waals surface area (Å²) in [6, 6.07) is 16.0. The van der Waals surface area contributed by atoms with Crippen molar-refractivity contribution in [1.82, 2.24) is 20.5 Å². The molecule has 4 aromatic rings. The molecule has 0 saturated heterocycles. The first-order valence-electron chi connectivity index (χ1n) is 10.1. The highest BCUT2D eigenvalue weighted by Crippen LogP contribution is 2.28. The lowest BCUT2D eigenvalue weighted by Gasteiger charge is -2.25. The van der Waals surface area contributed by atoms with Crippen LogP contribution < -0.4 is 16.0 Å². The van der Waals surface area contributed by atoms with Crippen LogP contribution in [0.4, 0.5) is 17.2 Å². The largest absolute Gasteiger partial charge is 0.394 e. The van der Waals surface area contributed by atoms with Crippen molar-refractivity contribution >= 4 is 34.0 Å². The highest BCUT2D eigenvalue weighted by molar-refractivity contribution is 5.99. The van der Waals surface area contributed by atoms with Crippen molar-refractivity contribution in [2.45, 2.75) is 12.1 Å². The number of aliphatic hydroxyl groups is 2. The lowest BCUT2D eigenvalue weighted by molar-refractivity contribution is 0.0793. The van der Waals surface area contributed by atoms with Crippen LogP contribution in [-0.2, 0) is 0 Å².